The number of esters is 1. The summed E-state index contributed by atoms with van der Waals surface area (Å²) in [7, 11) is 0. The normalized spacial score (nSPS) is 11.2. The highest BCUT2D eigenvalue weighted by Gasteiger charge is 2.14. The number of aromatic hydroxyl groups is 1. The van der Waals surface area contributed by atoms with Crippen molar-refractivity contribution in [1.82, 2.24) is 0 Å². The molecule has 18 heavy (non-hydrogen) atoms. The zero-order valence-electron chi connectivity index (χ0n) is 10.8. The third-order valence-corrected chi connectivity index (χ3v) is 2.42. The molecule has 0 spiro atoms. The molecule has 0 radical (unpaired) electrons. The number of hydrogen-bond acceptors (Lipinski definition) is 3. The van der Waals surface area contributed by atoms with E-state index < -0.39 is 0 Å². The summed E-state index contributed by atoms with van der Waals surface area (Å²) < 4.78 is 4.94. The van der Waals surface area contributed by atoms with Crippen molar-refractivity contribution < 1.29 is 14.6 Å². The first-order valence-corrected chi connectivity index (χ1v) is 6.10. The molecule has 1 aromatic carbocycles. The monoisotopic (exact) mass is 246 g/mol. The van der Waals surface area contributed by atoms with E-state index in [4.69, 9.17) is 4.74 Å². The lowest BCUT2D eigenvalue weighted by Crippen LogP contribution is -2.09. The SMILES string of the molecule is CCC#CC(CC(=O)OCC)c1ccc(O)cc1. The largest absolute Gasteiger partial charge is 0.508 e. The van der Waals surface area contributed by atoms with Crippen LogP contribution in [0.4, 0.5) is 0 Å². The lowest BCUT2D eigenvalue weighted by Gasteiger charge is -2.10. The zero-order valence-corrected chi connectivity index (χ0v) is 10.8. The topological polar surface area (TPSA) is 46.5 Å². The lowest BCUT2D eigenvalue weighted by molar-refractivity contribution is -0.143. The molecule has 0 aliphatic rings. The van der Waals surface area contributed by atoms with Crippen molar-refractivity contribution in [2.75, 3.05) is 6.61 Å². The average Bonchev–Trinajstić information content (AvgIpc) is 2.36. The van der Waals surface area contributed by atoms with Crippen molar-refractivity contribution in [2.45, 2.75) is 32.6 Å². The third-order valence-electron chi connectivity index (χ3n) is 2.42. The van der Waals surface area contributed by atoms with Crippen LogP contribution in [0.3, 0.4) is 0 Å². The van der Waals surface area contributed by atoms with Gasteiger partial charge < -0.3 is 9.84 Å². The van der Waals surface area contributed by atoms with Crippen LogP contribution in [0.1, 0.15) is 38.2 Å². The zero-order chi connectivity index (χ0) is 13.4. The van der Waals surface area contributed by atoms with Crippen LogP contribution in [0.5, 0.6) is 5.75 Å². The molecule has 0 aliphatic carbocycles. The van der Waals surface area contributed by atoms with Gasteiger partial charge in [0, 0.05) is 6.42 Å². The van der Waals surface area contributed by atoms with Gasteiger partial charge in [-0.1, -0.05) is 25.0 Å². The summed E-state index contributed by atoms with van der Waals surface area (Å²) in [5.74, 6) is 5.83. The second-order valence-electron chi connectivity index (χ2n) is 3.83. The van der Waals surface area contributed by atoms with Gasteiger partial charge in [-0.15, -0.1) is 5.92 Å². The maximum Gasteiger partial charge on any atom is 0.307 e. The molecule has 0 heterocycles. The number of carbonyl (C=O) groups is 1. The lowest BCUT2D eigenvalue weighted by atomic mass is 9.96. The summed E-state index contributed by atoms with van der Waals surface area (Å²) in [6, 6.07) is 6.76. The van der Waals surface area contributed by atoms with Crippen LogP contribution in [-0.4, -0.2) is 17.7 Å². The second kappa shape index (κ2) is 7.39. The molecule has 1 N–H and O–H groups in total. The molecule has 0 saturated carbocycles. The highest BCUT2D eigenvalue weighted by molar-refractivity contribution is 5.71. The van der Waals surface area contributed by atoms with Gasteiger partial charge in [0.1, 0.15) is 5.75 Å². The van der Waals surface area contributed by atoms with Crippen molar-refractivity contribution in [3.63, 3.8) is 0 Å². The van der Waals surface area contributed by atoms with Gasteiger partial charge in [0.2, 0.25) is 0 Å². The number of carbonyl (C=O) groups excluding carboxylic acids is 1. The average molecular weight is 246 g/mol. The van der Waals surface area contributed by atoms with Crippen LogP contribution in [0.2, 0.25) is 0 Å². The van der Waals surface area contributed by atoms with Crippen molar-refractivity contribution in [3.05, 3.63) is 29.8 Å². The molecule has 0 amide bonds. The van der Waals surface area contributed by atoms with Crippen LogP contribution in [0, 0.1) is 11.8 Å². The highest BCUT2D eigenvalue weighted by atomic mass is 16.5. The molecule has 0 saturated heterocycles. The number of ether oxygens (including phenoxy) is 1. The fourth-order valence-corrected chi connectivity index (χ4v) is 1.57. The molecule has 1 unspecified atom stereocenters. The molecule has 96 valence electrons. The van der Waals surface area contributed by atoms with Crippen LogP contribution < -0.4 is 0 Å². The summed E-state index contributed by atoms with van der Waals surface area (Å²) in [4.78, 5) is 11.5. The molecule has 0 bridgehead atoms. The van der Waals surface area contributed by atoms with E-state index >= 15 is 0 Å². The van der Waals surface area contributed by atoms with Crippen molar-refractivity contribution in [1.29, 1.82) is 0 Å². The van der Waals surface area contributed by atoms with E-state index in [0.29, 0.717) is 6.61 Å². The number of phenolic OH excluding ortho intramolecular Hbond substituents is 1. The van der Waals surface area contributed by atoms with E-state index in [1.165, 1.54) is 0 Å². The number of benzene rings is 1. The minimum atomic E-state index is -0.249. The Morgan fingerprint density at radius 2 is 2.00 bits per heavy atom. The van der Waals surface area contributed by atoms with Crippen molar-refractivity contribution in [2.24, 2.45) is 0 Å². The molecule has 3 nitrogen and oxygen atoms in total. The van der Waals surface area contributed by atoms with Gasteiger partial charge in [-0.25, -0.2) is 0 Å². The Morgan fingerprint density at radius 3 is 2.56 bits per heavy atom. The van der Waals surface area contributed by atoms with Crippen LogP contribution in [-0.2, 0) is 9.53 Å². The Balaban J connectivity index is 2.84. The van der Waals surface area contributed by atoms with E-state index in [-0.39, 0.29) is 24.1 Å². The van der Waals surface area contributed by atoms with E-state index in [1.54, 1.807) is 31.2 Å². The maximum absolute atomic E-state index is 11.5. The fraction of sp³-hybridized carbons (Fsp3) is 0.400. The van der Waals surface area contributed by atoms with Crippen LogP contribution >= 0.6 is 0 Å². The maximum atomic E-state index is 11.5. The van der Waals surface area contributed by atoms with E-state index in [9.17, 15) is 9.90 Å². The predicted octanol–water partition coefficient (Wildman–Crippen LogP) is 2.84. The molecule has 0 fully saturated rings. The Morgan fingerprint density at radius 1 is 1.33 bits per heavy atom. The first-order chi connectivity index (χ1) is 8.67. The van der Waals surface area contributed by atoms with Crippen molar-refractivity contribution >= 4 is 5.97 Å². The number of phenols is 1. The van der Waals surface area contributed by atoms with Gasteiger partial charge in [0.15, 0.2) is 0 Å². The Hall–Kier alpha value is -1.95. The summed E-state index contributed by atoms with van der Waals surface area (Å²) in [6.07, 6.45) is 0.989. The van der Waals surface area contributed by atoms with Gasteiger partial charge in [-0.05, 0) is 24.6 Å². The molecular weight excluding hydrogens is 228 g/mol. The highest BCUT2D eigenvalue weighted by Crippen LogP contribution is 2.22. The van der Waals surface area contributed by atoms with Gasteiger partial charge in [0.25, 0.3) is 0 Å². The minimum absolute atomic E-state index is 0.176. The first kappa shape index (κ1) is 14.1. The van der Waals surface area contributed by atoms with Gasteiger partial charge >= 0.3 is 5.97 Å². The molecule has 1 rings (SSSR count). The second-order valence-corrected chi connectivity index (χ2v) is 3.83. The summed E-state index contributed by atoms with van der Waals surface area (Å²) in [6.45, 7) is 4.12. The molecule has 3 heteroatoms. The van der Waals surface area contributed by atoms with E-state index in [0.717, 1.165) is 12.0 Å². The third kappa shape index (κ3) is 4.50. The molecular formula is C15H18O3. The molecule has 0 aromatic heterocycles. The van der Waals surface area contributed by atoms with Gasteiger partial charge in [0.05, 0.1) is 18.9 Å². The minimum Gasteiger partial charge on any atom is -0.508 e. The summed E-state index contributed by atoms with van der Waals surface area (Å²) in [5.41, 5.74) is 0.918. The molecule has 1 aromatic rings. The quantitative estimate of drug-likeness (QED) is 0.656. The van der Waals surface area contributed by atoms with Crippen LogP contribution in [0.15, 0.2) is 24.3 Å². The summed E-state index contributed by atoms with van der Waals surface area (Å²) >= 11 is 0. The molecule has 1 atom stereocenters. The van der Waals surface area contributed by atoms with E-state index in [2.05, 4.69) is 11.8 Å². The Bertz CT molecular complexity index is 437. The van der Waals surface area contributed by atoms with Crippen molar-refractivity contribution in [3.8, 4) is 17.6 Å². The molecule has 0 aliphatic heterocycles. The number of hydrogen-bond donors (Lipinski definition) is 1. The fourth-order valence-electron chi connectivity index (χ4n) is 1.57. The standard InChI is InChI=1S/C15H18O3/c1-3-5-6-13(11-15(17)18-4-2)12-7-9-14(16)10-8-12/h7-10,13,16H,3-4,11H2,1-2H3. The Kier molecular flexibility index (Phi) is 5.79. The first-order valence-electron chi connectivity index (χ1n) is 6.10. The Labute approximate surface area is 108 Å². The smallest absolute Gasteiger partial charge is 0.307 e. The van der Waals surface area contributed by atoms with E-state index in [1.807, 2.05) is 6.92 Å². The van der Waals surface area contributed by atoms with Gasteiger partial charge in [-0.2, -0.15) is 0 Å². The summed E-state index contributed by atoms with van der Waals surface area (Å²) in [5, 5.41) is 9.25. The predicted molar refractivity (Wildman–Crippen MR) is 70.2 cm³/mol. The van der Waals surface area contributed by atoms with Crippen LogP contribution in [0.25, 0.3) is 0 Å². The van der Waals surface area contributed by atoms with Gasteiger partial charge in [-0.3, -0.25) is 4.79 Å². The number of rotatable bonds is 4.